The second-order valence-corrected chi connectivity index (χ2v) is 7.68. The zero-order chi connectivity index (χ0) is 22.1. The minimum absolute atomic E-state index is 0.0240. The first-order chi connectivity index (χ1) is 14.9. The first-order valence-electron chi connectivity index (χ1n) is 9.86. The van der Waals surface area contributed by atoms with Crippen molar-refractivity contribution in [3.8, 4) is 0 Å². The van der Waals surface area contributed by atoms with Crippen molar-refractivity contribution in [1.29, 1.82) is 0 Å². The number of nitrogens with one attached hydrogen (secondary N) is 2. The van der Waals surface area contributed by atoms with Crippen molar-refractivity contribution in [2.24, 2.45) is 5.92 Å². The van der Waals surface area contributed by atoms with E-state index in [2.05, 4.69) is 20.5 Å². The molecule has 1 aromatic carbocycles. The van der Waals surface area contributed by atoms with Crippen LogP contribution in [0, 0.1) is 11.7 Å². The maximum absolute atomic E-state index is 13.4. The average Bonchev–Trinajstić information content (AvgIpc) is 3.27. The van der Waals surface area contributed by atoms with Crippen LogP contribution < -0.4 is 11.1 Å². The minimum atomic E-state index is -0.808. The summed E-state index contributed by atoms with van der Waals surface area (Å²) in [6.07, 6.45) is 3.28. The lowest BCUT2D eigenvalue weighted by molar-refractivity contribution is -0.149. The summed E-state index contributed by atoms with van der Waals surface area (Å²) in [6, 6.07) is 5.51. The summed E-state index contributed by atoms with van der Waals surface area (Å²) >= 11 is 0. The van der Waals surface area contributed by atoms with Gasteiger partial charge in [0.1, 0.15) is 11.6 Å². The number of carbonyl (C=O) groups excluding carboxylic acids is 2. The van der Waals surface area contributed by atoms with Crippen molar-refractivity contribution in [3.05, 3.63) is 48.0 Å². The van der Waals surface area contributed by atoms with Crippen LogP contribution in [0.4, 0.5) is 15.9 Å². The van der Waals surface area contributed by atoms with Crippen molar-refractivity contribution < 1.29 is 18.7 Å². The van der Waals surface area contributed by atoms with E-state index in [1.165, 1.54) is 29.4 Å². The summed E-state index contributed by atoms with van der Waals surface area (Å²) in [5.74, 6) is -1.58. The molecule has 0 spiro atoms. The number of halogens is 1. The fourth-order valence-corrected chi connectivity index (χ4v) is 4.04. The smallest absolute Gasteiger partial charge is 0.314 e. The highest BCUT2D eigenvalue weighted by Crippen LogP contribution is 2.35. The molecule has 1 aliphatic heterocycles. The molecule has 1 aliphatic rings. The molecule has 0 aliphatic carbocycles. The molecule has 3 aromatic rings. The summed E-state index contributed by atoms with van der Waals surface area (Å²) in [6.45, 7) is 2.29. The highest BCUT2D eigenvalue weighted by Gasteiger charge is 2.39. The topological polar surface area (TPSA) is 126 Å². The van der Waals surface area contributed by atoms with Gasteiger partial charge < -0.3 is 20.7 Å². The van der Waals surface area contributed by atoms with Crippen LogP contribution in [0.5, 0.6) is 0 Å². The van der Waals surface area contributed by atoms with Gasteiger partial charge in [0.2, 0.25) is 0 Å². The standard InChI is InChI=1S/C21H23FN6O3/c1-11-10-28(16(7-17(11)31-2)12-3-5-13(22)6-4-12)21(30)20(29)26-15-9-24-19(23)14-8-25-27-18(14)15/h3-6,8-9,11,16-17H,7,10H2,1-2H3,(H2,23,24)(H,25,27)(H,26,29). The number of nitrogen functional groups attached to an aromatic ring is 1. The summed E-state index contributed by atoms with van der Waals surface area (Å²) < 4.78 is 19.0. The van der Waals surface area contributed by atoms with Gasteiger partial charge >= 0.3 is 11.8 Å². The summed E-state index contributed by atoms with van der Waals surface area (Å²) in [5, 5.41) is 9.82. The predicted octanol–water partition coefficient (Wildman–Crippen LogP) is 2.24. The predicted molar refractivity (Wildman–Crippen MR) is 112 cm³/mol. The molecule has 3 heterocycles. The SMILES string of the molecule is COC1CC(c2ccc(F)cc2)N(C(=O)C(=O)Nc2cnc(N)c3cn[nH]c23)CC1C. The van der Waals surface area contributed by atoms with E-state index < -0.39 is 17.9 Å². The molecule has 0 radical (unpaired) electrons. The number of methoxy groups -OCH3 is 1. The largest absolute Gasteiger partial charge is 0.383 e. The third-order valence-corrected chi connectivity index (χ3v) is 5.73. The van der Waals surface area contributed by atoms with Crippen LogP contribution in [0.25, 0.3) is 10.9 Å². The number of aromatic amines is 1. The quantitative estimate of drug-likeness (QED) is 0.552. The number of benzene rings is 1. The number of amides is 2. The Kier molecular flexibility index (Phi) is 5.55. The molecule has 9 nitrogen and oxygen atoms in total. The van der Waals surface area contributed by atoms with Crippen LogP contribution in [-0.4, -0.2) is 51.7 Å². The van der Waals surface area contributed by atoms with E-state index >= 15 is 0 Å². The van der Waals surface area contributed by atoms with E-state index in [1.54, 1.807) is 19.2 Å². The normalized spacial score (nSPS) is 21.3. The van der Waals surface area contributed by atoms with Crippen molar-refractivity contribution in [3.63, 3.8) is 0 Å². The maximum atomic E-state index is 13.4. The number of fused-ring (bicyclic) bond motifs is 1. The molecule has 4 rings (SSSR count). The lowest BCUT2D eigenvalue weighted by Crippen LogP contribution is -2.50. The monoisotopic (exact) mass is 426 g/mol. The van der Waals surface area contributed by atoms with Gasteiger partial charge in [-0.2, -0.15) is 5.10 Å². The summed E-state index contributed by atoms with van der Waals surface area (Å²) in [5.41, 5.74) is 7.34. The van der Waals surface area contributed by atoms with Crippen LogP contribution in [0.3, 0.4) is 0 Å². The molecule has 1 fully saturated rings. The first kappa shape index (κ1) is 20.7. The zero-order valence-corrected chi connectivity index (χ0v) is 17.1. The van der Waals surface area contributed by atoms with Gasteiger partial charge in [0.25, 0.3) is 0 Å². The number of nitrogens with two attached hydrogens (primary N) is 1. The number of rotatable bonds is 3. The second kappa shape index (κ2) is 8.31. The molecular formula is C21H23FN6O3. The number of hydrogen-bond donors (Lipinski definition) is 3. The van der Waals surface area contributed by atoms with Crippen molar-refractivity contribution >= 4 is 34.2 Å². The Balaban J connectivity index is 1.60. The number of nitrogens with zero attached hydrogens (tertiary/aromatic N) is 3. The Morgan fingerprint density at radius 1 is 1.29 bits per heavy atom. The Bertz CT molecular complexity index is 1120. The fraction of sp³-hybridized carbons (Fsp3) is 0.333. The van der Waals surface area contributed by atoms with Gasteiger partial charge in [0, 0.05) is 19.6 Å². The number of likely N-dealkylation sites (tertiary alicyclic amines) is 1. The number of piperidine rings is 1. The van der Waals surface area contributed by atoms with Gasteiger partial charge in [-0.1, -0.05) is 19.1 Å². The van der Waals surface area contributed by atoms with Gasteiger partial charge in [0.05, 0.1) is 41.1 Å². The van der Waals surface area contributed by atoms with Gasteiger partial charge in [-0.15, -0.1) is 0 Å². The van der Waals surface area contributed by atoms with Crippen LogP contribution in [0.1, 0.15) is 24.9 Å². The maximum Gasteiger partial charge on any atom is 0.314 e. The molecular weight excluding hydrogens is 403 g/mol. The van der Waals surface area contributed by atoms with Crippen molar-refractivity contribution in [2.75, 3.05) is 24.7 Å². The molecule has 10 heteroatoms. The highest BCUT2D eigenvalue weighted by atomic mass is 19.1. The first-order valence-corrected chi connectivity index (χ1v) is 9.86. The number of anilines is 2. The minimum Gasteiger partial charge on any atom is -0.383 e. The molecule has 162 valence electrons. The van der Waals surface area contributed by atoms with E-state index in [0.29, 0.717) is 29.6 Å². The van der Waals surface area contributed by atoms with E-state index in [-0.39, 0.29) is 23.7 Å². The molecule has 31 heavy (non-hydrogen) atoms. The molecule has 3 atom stereocenters. The van der Waals surface area contributed by atoms with Gasteiger partial charge in [0.15, 0.2) is 0 Å². The third-order valence-electron chi connectivity index (χ3n) is 5.73. The van der Waals surface area contributed by atoms with E-state index in [0.717, 1.165) is 5.56 Å². The molecule has 0 bridgehead atoms. The Hall–Kier alpha value is -3.53. The molecule has 3 unspecified atom stereocenters. The van der Waals surface area contributed by atoms with Crippen LogP contribution >= 0.6 is 0 Å². The Labute approximate surface area is 177 Å². The zero-order valence-electron chi connectivity index (χ0n) is 17.1. The molecule has 2 aromatic heterocycles. The lowest BCUT2D eigenvalue weighted by atomic mass is 9.87. The number of carbonyl (C=O) groups is 2. The number of ether oxygens (including phenoxy) is 1. The number of H-pyrrole nitrogens is 1. The van der Waals surface area contributed by atoms with E-state index in [9.17, 15) is 14.0 Å². The van der Waals surface area contributed by atoms with E-state index in [4.69, 9.17) is 10.5 Å². The van der Waals surface area contributed by atoms with Crippen molar-refractivity contribution in [2.45, 2.75) is 25.5 Å². The molecule has 0 saturated carbocycles. The summed E-state index contributed by atoms with van der Waals surface area (Å²) in [7, 11) is 1.62. The lowest BCUT2D eigenvalue weighted by Gasteiger charge is -2.42. The summed E-state index contributed by atoms with van der Waals surface area (Å²) in [4.78, 5) is 31.6. The van der Waals surface area contributed by atoms with Gasteiger partial charge in [-0.05, 0) is 24.1 Å². The van der Waals surface area contributed by atoms with Crippen LogP contribution in [0.15, 0.2) is 36.7 Å². The molecule has 4 N–H and O–H groups in total. The van der Waals surface area contributed by atoms with E-state index in [1.807, 2.05) is 6.92 Å². The average molecular weight is 426 g/mol. The number of hydrogen-bond acceptors (Lipinski definition) is 6. The molecule has 1 saturated heterocycles. The fourth-order valence-electron chi connectivity index (χ4n) is 4.04. The van der Waals surface area contributed by atoms with Gasteiger partial charge in [-0.25, -0.2) is 9.37 Å². The van der Waals surface area contributed by atoms with Crippen LogP contribution in [-0.2, 0) is 14.3 Å². The molecule has 2 amide bonds. The number of pyridine rings is 1. The Morgan fingerprint density at radius 2 is 2.03 bits per heavy atom. The highest BCUT2D eigenvalue weighted by molar-refractivity contribution is 6.40. The van der Waals surface area contributed by atoms with Crippen LogP contribution in [0.2, 0.25) is 0 Å². The number of aromatic nitrogens is 3. The van der Waals surface area contributed by atoms with Gasteiger partial charge in [-0.3, -0.25) is 14.7 Å². The van der Waals surface area contributed by atoms with Crippen molar-refractivity contribution in [1.82, 2.24) is 20.1 Å². The third kappa shape index (κ3) is 3.93. The Morgan fingerprint density at radius 3 is 2.74 bits per heavy atom. The second-order valence-electron chi connectivity index (χ2n) is 7.68.